The molecule has 23 heavy (non-hydrogen) atoms. The lowest BCUT2D eigenvalue weighted by Crippen LogP contribution is -2.24. The number of amides is 1. The standard InChI is InChI=1S/C20H23NO2/c1-3-9-20(10-4-2)16-8-6-5-7-14(16)15-11-18(21-13-22)19(23)12-17(15)20/h5-8,11-13,23H,3-4,9-10H2,1-2H3,(H,21,22). The molecule has 0 spiro atoms. The Morgan fingerprint density at radius 2 is 1.74 bits per heavy atom. The van der Waals surface area contributed by atoms with Crippen LogP contribution in [0.15, 0.2) is 36.4 Å². The Balaban J connectivity index is 2.29. The number of nitrogens with one attached hydrogen (secondary N) is 1. The summed E-state index contributed by atoms with van der Waals surface area (Å²) >= 11 is 0. The summed E-state index contributed by atoms with van der Waals surface area (Å²) in [5, 5.41) is 12.9. The molecule has 0 atom stereocenters. The molecule has 0 radical (unpaired) electrons. The van der Waals surface area contributed by atoms with E-state index >= 15 is 0 Å². The second-order valence-corrected chi connectivity index (χ2v) is 6.30. The minimum Gasteiger partial charge on any atom is -0.506 e. The molecule has 1 amide bonds. The summed E-state index contributed by atoms with van der Waals surface area (Å²) in [5.41, 5.74) is 5.32. The third-order valence-corrected chi connectivity index (χ3v) is 4.95. The number of hydrogen-bond acceptors (Lipinski definition) is 2. The lowest BCUT2D eigenvalue weighted by atomic mass is 9.71. The summed E-state index contributed by atoms with van der Waals surface area (Å²) in [6, 6.07) is 12.3. The molecule has 2 aromatic rings. The molecule has 120 valence electrons. The smallest absolute Gasteiger partial charge is 0.211 e. The molecule has 0 saturated carbocycles. The zero-order valence-electron chi connectivity index (χ0n) is 13.7. The molecule has 3 rings (SSSR count). The SMILES string of the molecule is CCCC1(CCC)c2ccccc2-c2cc(NC=O)c(O)cc21. The minimum absolute atomic E-state index is 0.0351. The van der Waals surface area contributed by atoms with Crippen LogP contribution in [-0.2, 0) is 10.2 Å². The first-order chi connectivity index (χ1) is 11.2. The Kier molecular flexibility index (Phi) is 4.12. The van der Waals surface area contributed by atoms with E-state index in [0.717, 1.165) is 31.2 Å². The first-order valence-corrected chi connectivity index (χ1v) is 8.35. The molecule has 2 aromatic carbocycles. The maximum absolute atomic E-state index is 10.8. The number of phenols is 1. The van der Waals surface area contributed by atoms with Gasteiger partial charge in [0.1, 0.15) is 5.75 Å². The zero-order valence-corrected chi connectivity index (χ0v) is 13.7. The predicted octanol–water partition coefficient (Wildman–Crippen LogP) is 4.83. The molecular formula is C20H23NO2. The van der Waals surface area contributed by atoms with Gasteiger partial charge in [-0.2, -0.15) is 0 Å². The molecule has 0 aliphatic heterocycles. The van der Waals surface area contributed by atoms with Crippen LogP contribution in [0.5, 0.6) is 5.75 Å². The van der Waals surface area contributed by atoms with Crippen molar-refractivity contribution in [1.82, 2.24) is 0 Å². The number of carbonyl (C=O) groups excluding carboxylic acids is 1. The van der Waals surface area contributed by atoms with Crippen LogP contribution in [0, 0.1) is 0 Å². The second-order valence-electron chi connectivity index (χ2n) is 6.30. The van der Waals surface area contributed by atoms with Crippen molar-refractivity contribution in [1.29, 1.82) is 0 Å². The fraction of sp³-hybridized carbons (Fsp3) is 0.350. The van der Waals surface area contributed by atoms with Crippen LogP contribution in [-0.4, -0.2) is 11.5 Å². The van der Waals surface area contributed by atoms with Crippen molar-refractivity contribution < 1.29 is 9.90 Å². The highest BCUT2D eigenvalue weighted by Crippen LogP contribution is 2.55. The number of phenolic OH excluding ortho intramolecular Hbond substituents is 1. The van der Waals surface area contributed by atoms with E-state index in [2.05, 4.69) is 43.4 Å². The van der Waals surface area contributed by atoms with Crippen LogP contribution in [0.25, 0.3) is 11.1 Å². The van der Waals surface area contributed by atoms with Gasteiger partial charge in [-0.15, -0.1) is 0 Å². The van der Waals surface area contributed by atoms with E-state index in [1.807, 2.05) is 12.1 Å². The Morgan fingerprint density at radius 3 is 2.39 bits per heavy atom. The van der Waals surface area contributed by atoms with Crippen molar-refractivity contribution in [2.45, 2.75) is 44.9 Å². The molecule has 0 fully saturated rings. The molecule has 0 bridgehead atoms. The molecule has 1 aliphatic rings. The minimum atomic E-state index is -0.0351. The van der Waals surface area contributed by atoms with Crippen LogP contribution in [0.2, 0.25) is 0 Å². The summed E-state index contributed by atoms with van der Waals surface area (Å²) in [6.07, 6.45) is 4.90. The van der Waals surface area contributed by atoms with Crippen molar-refractivity contribution in [3.05, 3.63) is 47.5 Å². The lowest BCUT2D eigenvalue weighted by Gasteiger charge is -2.32. The fourth-order valence-electron chi connectivity index (χ4n) is 4.18. The summed E-state index contributed by atoms with van der Waals surface area (Å²) in [6.45, 7) is 4.42. The van der Waals surface area contributed by atoms with E-state index < -0.39 is 0 Å². The van der Waals surface area contributed by atoms with Gasteiger partial charge in [0, 0.05) is 5.41 Å². The summed E-state index contributed by atoms with van der Waals surface area (Å²) in [5.74, 6) is 0.139. The molecule has 0 aromatic heterocycles. The molecule has 0 unspecified atom stereocenters. The molecule has 3 heteroatoms. The molecule has 2 N–H and O–H groups in total. The highest BCUT2D eigenvalue weighted by atomic mass is 16.3. The highest BCUT2D eigenvalue weighted by molar-refractivity contribution is 5.87. The number of benzene rings is 2. The number of carbonyl (C=O) groups is 1. The predicted molar refractivity (Wildman–Crippen MR) is 93.8 cm³/mol. The highest BCUT2D eigenvalue weighted by Gasteiger charge is 2.42. The van der Waals surface area contributed by atoms with Crippen molar-refractivity contribution in [2.24, 2.45) is 0 Å². The Labute approximate surface area is 137 Å². The average molecular weight is 309 g/mol. The Bertz CT molecular complexity index is 730. The van der Waals surface area contributed by atoms with E-state index in [1.54, 1.807) is 0 Å². The van der Waals surface area contributed by atoms with Crippen molar-refractivity contribution in [3.63, 3.8) is 0 Å². The van der Waals surface area contributed by atoms with Crippen molar-refractivity contribution >= 4 is 12.1 Å². The van der Waals surface area contributed by atoms with Crippen LogP contribution >= 0.6 is 0 Å². The van der Waals surface area contributed by atoms with Gasteiger partial charge in [-0.05, 0) is 47.2 Å². The quantitative estimate of drug-likeness (QED) is 0.593. The molecule has 0 saturated heterocycles. The number of rotatable bonds is 6. The summed E-state index contributed by atoms with van der Waals surface area (Å²) in [7, 11) is 0. The third kappa shape index (κ3) is 2.31. The Morgan fingerprint density at radius 1 is 1.04 bits per heavy atom. The number of anilines is 1. The molecular weight excluding hydrogens is 286 g/mol. The number of fused-ring (bicyclic) bond motifs is 3. The lowest BCUT2D eigenvalue weighted by molar-refractivity contribution is -0.105. The topological polar surface area (TPSA) is 49.3 Å². The molecule has 1 aliphatic carbocycles. The Hall–Kier alpha value is -2.29. The number of hydrogen-bond donors (Lipinski definition) is 2. The third-order valence-electron chi connectivity index (χ3n) is 4.95. The van der Waals surface area contributed by atoms with Gasteiger partial charge in [-0.1, -0.05) is 51.0 Å². The van der Waals surface area contributed by atoms with E-state index in [4.69, 9.17) is 0 Å². The first-order valence-electron chi connectivity index (χ1n) is 8.35. The van der Waals surface area contributed by atoms with Gasteiger partial charge in [-0.3, -0.25) is 4.79 Å². The average Bonchev–Trinajstić information content (AvgIpc) is 2.80. The van der Waals surface area contributed by atoms with Crippen LogP contribution in [0.3, 0.4) is 0 Å². The van der Waals surface area contributed by atoms with Gasteiger partial charge < -0.3 is 10.4 Å². The summed E-state index contributed by atoms with van der Waals surface area (Å²) < 4.78 is 0. The van der Waals surface area contributed by atoms with Crippen LogP contribution < -0.4 is 5.32 Å². The number of aromatic hydroxyl groups is 1. The van der Waals surface area contributed by atoms with E-state index in [9.17, 15) is 9.90 Å². The van der Waals surface area contributed by atoms with Crippen LogP contribution in [0.4, 0.5) is 5.69 Å². The van der Waals surface area contributed by atoms with Gasteiger partial charge >= 0.3 is 0 Å². The summed E-state index contributed by atoms with van der Waals surface area (Å²) in [4.78, 5) is 10.8. The van der Waals surface area contributed by atoms with E-state index in [1.165, 1.54) is 16.7 Å². The van der Waals surface area contributed by atoms with E-state index in [0.29, 0.717) is 12.1 Å². The first kappa shape index (κ1) is 15.6. The van der Waals surface area contributed by atoms with Crippen molar-refractivity contribution in [3.8, 4) is 16.9 Å². The maximum atomic E-state index is 10.8. The van der Waals surface area contributed by atoms with Gasteiger partial charge in [0.05, 0.1) is 5.69 Å². The largest absolute Gasteiger partial charge is 0.506 e. The monoisotopic (exact) mass is 309 g/mol. The fourth-order valence-corrected chi connectivity index (χ4v) is 4.18. The molecule has 0 heterocycles. The van der Waals surface area contributed by atoms with Crippen molar-refractivity contribution in [2.75, 3.05) is 5.32 Å². The zero-order chi connectivity index (χ0) is 16.4. The van der Waals surface area contributed by atoms with Gasteiger partial charge in [-0.25, -0.2) is 0 Å². The molecule has 3 nitrogen and oxygen atoms in total. The van der Waals surface area contributed by atoms with E-state index in [-0.39, 0.29) is 11.2 Å². The maximum Gasteiger partial charge on any atom is 0.211 e. The van der Waals surface area contributed by atoms with Gasteiger partial charge in [0.25, 0.3) is 0 Å². The normalized spacial score (nSPS) is 14.2. The van der Waals surface area contributed by atoms with Gasteiger partial charge in [0.15, 0.2) is 0 Å². The van der Waals surface area contributed by atoms with Gasteiger partial charge in [0.2, 0.25) is 6.41 Å². The van der Waals surface area contributed by atoms with Crippen LogP contribution in [0.1, 0.15) is 50.7 Å². The second kappa shape index (κ2) is 6.07.